The molecule has 10 atom stereocenters. The second-order valence-electron chi connectivity index (χ2n) is 27.4. The number of carboxylic acids is 1. The summed E-state index contributed by atoms with van der Waals surface area (Å²) >= 11 is 13.3. The molecule has 6 aliphatic rings. The second kappa shape index (κ2) is 32.1. The van der Waals surface area contributed by atoms with Gasteiger partial charge in [-0.15, -0.1) is 23.2 Å². The molecule has 3 aliphatic heterocycles. The van der Waals surface area contributed by atoms with Crippen molar-refractivity contribution in [3.63, 3.8) is 0 Å². The molecule has 3 aliphatic carbocycles. The number of carbonyl (C=O) groups is 10. The highest BCUT2D eigenvalue weighted by atomic mass is 35.5. The summed E-state index contributed by atoms with van der Waals surface area (Å²) in [5, 5.41) is 57.4. The number of unbranched alkanes of at least 4 members (excludes halogenated alkanes) is 1. The summed E-state index contributed by atoms with van der Waals surface area (Å²) in [6.07, 6.45) is -8.26. The van der Waals surface area contributed by atoms with Crippen LogP contribution in [0.1, 0.15) is 101 Å². The zero-order chi connectivity index (χ0) is 73.6. The molecule has 548 valence electrons. The molecule has 0 aromatic heterocycles. The summed E-state index contributed by atoms with van der Waals surface area (Å²) in [7, 11) is 3.01. The van der Waals surface area contributed by atoms with E-state index in [1.165, 1.54) is 30.8 Å². The van der Waals surface area contributed by atoms with Crippen molar-refractivity contribution in [1.82, 2.24) is 31.1 Å². The lowest BCUT2D eigenvalue weighted by molar-refractivity contribution is -0.270. The molecule has 102 heavy (non-hydrogen) atoms. The summed E-state index contributed by atoms with van der Waals surface area (Å²) in [6.45, 7) is 5.55. The molecule has 3 heterocycles. The van der Waals surface area contributed by atoms with E-state index in [2.05, 4.69) is 26.6 Å². The van der Waals surface area contributed by atoms with Gasteiger partial charge in [-0.05, 0) is 103 Å². The highest BCUT2D eigenvalue weighted by Crippen LogP contribution is 2.75. The molecule has 31 heteroatoms. The number of primary amides is 1. The minimum atomic E-state index is -1.94. The number of fused-ring (bicyclic) bond motifs is 6. The van der Waals surface area contributed by atoms with Gasteiger partial charge in [-0.2, -0.15) is 0 Å². The highest BCUT2D eigenvalue weighted by molar-refractivity contribution is 6.20. The van der Waals surface area contributed by atoms with Crippen molar-refractivity contribution in [2.75, 3.05) is 80.2 Å². The Morgan fingerprint density at radius 2 is 1.20 bits per heavy atom. The van der Waals surface area contributed by atoms with Crippen LogP contribution in [0.5, 0.6) is 11.5 Å². The molecule has 1 saturated heterocycles. The Hall–Kier alpha value is -9.10. The molecule has 11 rings (SSSR count). The number of amides is 10. The van der Waals surface area contributed by atoms with Crippen molar-refractivity contribution in [3.8, 4) is 11.5 Å². The number of rotatable bonds is 29. The van der Waals surface area contributed by atoms with Crippen LogP contribution in [0.25, 0.3) is 21.5 Å². The number of urea groups is 1. The number of anilines is 3. The Labute approximate surface area is 598 Å². The van der Waals surface area contributed by atoms with Crippen LogP contribution in [0.3, 0.4) is 0 Å². The number of hydrogen-bond acceptors (Lipinski definition) is 18. The molecule has 13 N–H and O–H groups in total. The molecule has 5 aromatic carbocycles. The standard InChI is InChI=1S/C71H87Cl2N11O18/c1-37(2)55(80-61(90)47(77-38(3)85)17-10-11-23-74)62(91)79-48(18-12-24-76-67(75)96)60(89)78-42-21-19-39(20-22-42)33-99-68(97)81(4)25-26-82(5)69(98)101-52-28-50-54(46-16-9-7-14-44(46)52)41(30-73)32-84(50)66(95)71-34-70(35-71,36-71)65(94)83-31-40(29-72)53-45-15-8-6-13-43(45)51(27-49(53)83)100-64-58(88)56(86)57(87)59(102-64)63(92)93/h6-9,13-16,19-22,27-28,37,40-41,47-48,55-59,64,86-88H,10-12,17-18,23-26,29-36,74H2,1-5H3,(H,77,85)(H,78,89)(H,79,91)(H,80,90)(H,92,93)(H3,75,76,96)/t40-,41-,47+,48+,55+,56+,57+,58-,59+,64-,70?,71?/m1/s1. The highest BCUT2D eigenvalue weighted by Gasteiger charge is 2.76. The fourth-order valence-corrected chi connectivity index (χ4v) is 14.9. The number of nitrogens with one attached hydrogen (secondary N) is 5. The van der Waals surface area contributed by atoms with Crippen LogP contribution < -0.4 is 57.3 Å². The van der Waals surface area contributed by atoms with Gasteiger partial charge in [0.2, 0.25) is 41.7 Å². The minimum Gasteiger partial charge on any atom is -0.479 e. The zero-order valence-electron chi connectivity index (χ0n) is 57.2. The van der Waals surface area contributed by atoms with Crippen molar-refractivity contribution >= 4 is 121 Å². The van der Waals surface area contributed by atoms with E-state index in [9.17, 15) is 58.8 Å². The van der Waals surface area contributed by atoms with E-state index >= 15 is 9.59 Å². The number of likely N-dealkylation sites (N-methyl/N-ethyl adjacent to an activating group) is 2. The van der Waals surface area contributed by atoms with Gasteiger partial charge < -0.3 is 97.0 Å². The fraction of sp³-hybridized carbons (Fsp3) is 0.493. The normalized spacial score (nSPS) is 23.1. The number of carboxylic acid groups (broad SMARTS) is 1. The first kappa shape index (κ1) is 75.6. The van der Waals surface area contributed by atoms with Gasteiger partial charge in [0.05, 0.1) is 22.2 Å². The number of nitrogens with two attached hydrogens (primary N) is 2. The van der Waals surface area contributed by atoms with Gasteiger partial charge in [-0.1, -0.05) is 74.5 Å². The molecule has 3 saturated carbocycles. The van der Waals surface area contributed by atoms with E-state index in [1.54, 1.807) is 84.3 Å². The molecule has 2 bridgehead atoms. The number of aliphatic hydroxyl groups excluding tert-OH is 3. The van der Waals surface area contributed by atoms with E-state index in [4.69, 9.17) is 53.6 Å². The number of ether oxygens (including phenoxy) is 4. The Morgan fingerprint density at radius 3 is 1.73 bits per heavy atom. The first-order chi connectivity index (χ1) is 48.6. The van der Waals surface area contributed by atoms with E-state index < -0.39 is 113 Å². The molecule has 4 fully saturated rings. The lowest BCUT2D eigenvalue weighted by Gasteiger charge is -2.69. The molecule has 0 radical (unpaired) electrons. The van der Waals surface area contributed by atoms with Gasteiger partial charge >= 0.3 is 24.2 Å². The Balaban J connectivity index is 0.742. The zero-order valence-corrected chi connectivity index (χ0v) is 58.7. The van der Waals surface area contributed by atoms with Gasteiger partial charge in [0, 0.05) is 106 Å². The van der Waals surface area contributed by atoms with Gasteiger partial charge in [0.15, 0.2) is 6.10 Å². The number of aliphatic carboxylic acids is 1. The lowest BCUT2D eigenvalue weighted by Crippen LogP contribution is -2.73. The molecule has 0 spiro atoms. The van der Waals surface area contributed by atoms with Crippen LogP contribution in [0.2, 0.25) is 0 Å². The van der Waals surface area contributed by atoms with Crippen LogP contribution in [0.4, 0.5) is 31.4 Å². The van der Waals surface area contributed by atoms with Gasteiger partial charge in [0.1, 0.15) is 54.5 Å². The number of aliphatic hydroxyl groups is 3. The minimum absolute atomic E-state index is 0.0145. The molecule has 0 unspecified atom stereocenters. The Bertz CT molecular complexity index is 4020. The largest absolute Gasteiger partial charge is 0.479 e. The molecule has 10 amide bonds. The molecular weight excluding hydrogens is 1370 g/mol. The monoisotopic (exact) mass is 1450 g/mol. The maximum absolute atomic E-state index is 15.1. The van der Waals surface area contributed by atoms with E-state index in [0.29, 0.717) is 64.6 Å². The third kappa shape index (κ3) is 15.9. The Morgan fingerprint density at radius 1 is 0.667 bits per heavy atom. The van der Waals surface area contributed by atoms with E-state index in [-0.39, 0.29) is 118 Å². The van der Waals surface area contributed by atoms with Crippen molar-refractivity contribution in [3.05, 3.63) is 102 Å². The second-order valence-corrected chi connectivity index (χ2v) is 28.0. The average Bonchev–Trinajstić information content (AvgIpc) is 0.968. The number of carbonyl (C=O) groups excluding carboxylic acids is 9. The number of halogens is 2. The van der Waals surface area contributed by atoms with Crippen molar-refractivity contribution in [2.45, 2.75) is 139 Å². The summed E-state index contributed by atoms with van der Waals surface area (Å²) in [5.41, 5.74) is 12.6. The van der Waals surface area contributed by atoms with Crippen LogP contribution >= 0.6 is 23.2 Å². The average molecular weight is 1450 g/mol. The summed E-state index contributed by atoms with van der Waals surface area (Å²) in [4.78, 5) is 140. The fourth-order valence-electron chi connectivity index (χ4n) is 14.4. The SMILES string of the molecule is CC(=O)N[C@@H](CCCCN)C(=O)N[C@H](C(=O)N[C@@H](CCCNC(N)=O)C(=O)Nc1ccc(COC(=O)N(C)CCN(C)C(=O)Oc2cc3c(c4ccccc24)[C@H](CCl)CN3C(=O)C23CC(C(=O)N4C[C@@H](CCl)c5c4cc(O[C@@H]4O[C@H](C(=O)O)[C@@H](O)[C@H](O)[C@H]4O)c4ccccc54)(C2)C3)cc1)C(C)C. The summed E-state index contributed by atoms with van der Waals surface area (Å²) < 4.78 is 23.3. The molecular formula is C71H87Cl2N11O18. The molecule has 5 aromatic rings. The van der Waals surface area contributed by atoms with Gasteiger partial charge in [0.25, 0.3) is 0 Å². The maximum atomic E-state index is 15.1. The van der Waals surface area contributed by atoms with Crippen LogP contribution in [-0.4, -0.2) is 204 Å². The van der Waals surface area contributed by atoms with Crippen LogP contribution in [0, 0.1) is 16.7 Å². The number of hydrogen-bond donors (Lipinski definition) is 11. The van der Waals surface area contributed by atoms with Crippen molar-refractivity contribution in [2.24, 2.45) is 28.2 Å². The number of nitrogens with zero attached hydrogens (tertiary/aromatic N) is 4. The predicted molar refractivity (Wildman–Crippen MR) is 376 cm³/mol. The Kier molecular flexibility index (Phi) is 23.8. The third-order valence-corrected chi connectivity index (χ3v) is 20.5. The number of benzene rings is 5. The summed E-state index contributed by atoms with van der Waals surface area (Å²) in [6, 6.07) is 20.2. The van der Waals surface area contributed by atoms with Crippen LogP contribution in [0.15, 0.2) is 84.9 Å². The molecule has 29 nitrogen and oxygen atoms in total. The van der Waals surface area contributed by atoms with Crippen LogP contribution in [-0.2, 0) is 49.6 Å². The predicted octanol–water partition coefficient (Wildman–Crippen LogP) is 4.82. The maximum Gasteiger partial charge on any atom is 0.415 e. The van der Waals surface area contributed by atoms with Gasteiger partial charge in [-0.25, -0.2) is 19.2 Å². The topological polar surface area (TPSA) is 414 Å². The first-order valence-corrected chi connectivity index (χ1v) is 35.0. The van der Waals surface area contributed by atoms with Crippen molar-refractivity contribution < 1.29 is 87.3 Å². The smallest absolute Gasteiger partial charge is 0.415 e. The summed E-state index contributed by atoms with van der Waals surface area (Å²) in [5.74, 6) is -4.67. The van der Waals surface area contributed by atoms with E-state index in [0.717, 1.165) is 16.5 Å². The first-order valence-electron chi connectivity index (χ1n) is 33.9. The number of alkyl halides is 2. The van der Waals surface area contributed by atoms with Gasteiger partial charge in [-0.3, -0.25) is 28.8 Å². The van der Waals surface area contributed by atoms with E-state index in [1.807, 2.05) is 24.3 Å². The third-order valence-electron chi connectivity index (χ3n) is 19.8. The van der Waals surface area contributed by atoms with Crippen molar-refractivity contribution in [1.29, 1.82) is 0 Å². The lowest BCUT2D eigenvalue weighted by atomic mass is 9.34. The quantitative estimate of drug-likeness (QED) is 0.0226.